The molecule has 4 nitrogen and oxygen atoms in total. The minimum Gasteiger partial charge on any atom is -0.464 e. The molecule has 0 spiro atoms. The third kappa shape index (κ3) is 6.43. The number of carbonyl (C=O) groups is 1. The summed E-state index contributed by atoms with van der Waals surface area (Å²) in [4.78, 5) is 13.8. The molecular weight excluding hydrogens is 240 g/mol. The number of unbranched alkanes of at least 4 members (excludes halogenated alkanes) is 1. The maximum absolute atomic E-state index is 11.8. The molecule has 1 aliphatic rings. The Kier molecular flexibility index (Phi) is 7.26. The van der Waals surface area contributed by atoms with Crippen molar-refractivity contribution in [3.63, 3.8) is 0 Å². The largest absolute Gasteiger partial charge is 0.464 e. The quantitative estimate of drug-likeness (QED) is 0.538. The third-order valence-electron chi connectivity index (χ3n) is 3.04. The number of ether oxygens (including phenoxy) is 1. The van der Waals surface area contributed by atoms with Crippen molar-refractivity contribution in [3.8, 4) is 0 Å². The van der Waals surface area contributed by atoms with Gasteiger partial charge in [0.1, 0.15) is 6.61 Å². The fraction of sp³-hybridized carbons (Fsp3) is 0.667. The summed E-state index contributed by atoms with van der Waals surface area (Å²) in [5, 5.41) is 3.36. The van der Waals surface area contributed by atoms with Crippen LogP contribution in [-0.2, 0) is 9.53 Å². The van der Waals surface area contributed by atoms with Gasteiger partial charge in [-0.2, -0.15) is 0 Å². The summed E-state index contributed by atoms with van der Waals surface area (Å²) in [6.07, 6.45) is 9.08. The van der Waals surface area contributed by atoms with Crippen LogP contribution in [0.5, 0.6) is 0 Å². The number of nitrogens with one attached hydrogen (secondary N) is 1. The SMILES string of the molecule is CCCCNC1=CCC(C(=O)OCCN(C)C)C=C1. The van der Waals surface area contributed by atoms with E-state index in [1.807, 2.05) is 31.1 Å². The Morgan fingerprint density at radius 2 is 2.32 bits per heavy atom. The molecule has 0 fully saturated rings. The van der Waals surface area contributed by atoms with E-state index in [0.717, 1.165) is 25.2 Å². The summed E-state index contributed by atoms with van der Waals surface area (Å²) in [7, 11) is 3.93. The molecule has 0 aromatic heterocycles. The number of hydrogen-bond donors (Lipinski definition) is 1. The van der Waals surface area contributed by atoms with Gasteiger partial charge in [-0.05, 0) is 33.0 Å². The van der Waals surface area contributed by atoms with Gasteiger partial charge >= 0.3 is 5.97 Å². The molecule has 0 bridgehead atoms. The lowest BCUT2D eigenvalue weighted by atomic mass is 9.99. The predicted molar refractivity (Wildman–Crippen MR) is 77.8 cm³/mol. The first-order valence-electron chi connectivity index (χ1n) is 7.07. The van der Waals surface area contributed by atoms with Crippen LogP contribution >= 0.6 is 0 Å². The Hall–Kier alpha value is -1.29. The normalized spacial score (nSPS) is 18.3. The summed E-state index contributed by atoms with van der Waals surface area (Å²) < 4.78 is 5.24. The molecule has 1 unspecified atom stereocenters. The molecule has 0 saturated heterocycles. The lowest BCUT2D eigenvalue weighted by molar-refractivity contribution is -0.147. The van der Waals surface area contributed by atoms with E-state index in [4.69, 9.17) is 4.74 Å². The van der Waals surface area contributed by atoms with E-state index < -0.39 is 0 Å². The van der Waals surface area contributed by atoms with Gasteiger partial charge in [-0.15, -0.1) is 0 Å². The van der Waals surface area contributed by atoms with Crippen molar-refractivity contribution in [1.29, 1.82) is 0 Å². The zero-order chi connectivity index (χ0) is 14.1. The maximum atomic E-state index is 11.8. The van der Waals surface area contributed by atoms with Crippen molar-refractivity contribution >= 4 is 5.97 Å². The van der Waals surface area contributed by atoms with Crippen molar-refractivity contribution < 1.29 is 9.53 Å². The van der Waals surface area contributed by atoms with Crippen LogP contribution in [0.15, 0.2) is 23.9 Å². The standard InChI is InChI=1S/C15H26N2O2/c1-4-5-10-16-14-8-6-13(7-9-14)15(18)19-12-11-17(2)3/h6,8-9,13,16H,4-5,7,10-12H2,1-3H3. The van der Waals surface area contributed by atoms with Crippen LogP contribution in [0.4, 0.5) is 0 Å². The molecule has 108 valence electrons. The number of esters is 1. The van der Waals surface area contributed by atoms with Crippen molar-refractivity contribution in [3.05, 3.63) is 23.9 Å². The highest BCUT2D eigenvalue weighted by molar-refractivity contribution is 5.75. The van der Waals surface area contributed by atoms with Crippen LogP contribution < -0.4 is 5.32 Å². The molecule has 1 rings (SSSR count). The lowest BCUT2D eigenvalue weighted by Crippen LogP contribution is -2.24. The highest BCUT2D eigenvalue weighted by atomic mass is 16.5. The maximum Gasteiger partial charge on any atom is 0.313 e. The Labute approximate surface area is 116 Å². The number of carbonyl (C=O) groups excluding carboxylic acids is 1. The van der Waals surface area contributed by atoms with Crippen molar-refractivity contribution in [2.24, 2.45) is 5.92 Å². The summed E-state index contributed by atoms with van der Waals surface area (Å²) in [5.41, 5.74) is 1.12. The van der Waals surface area contributed by atoms with E-state index in [1.54, 1.807) is 0 Å². The molecule has 0 radical (unpaired) electrons. The molecule has 1 aliphatic carbocycles. The van der Waals surface area contributed by atoms with E-state index in [0.29, 0.717) is 6.61 Å². The molecular formula is C15H26N2O2. The number of nitrogens with zero attached hydrogens (tertiary/aromatic N) is 1. The van der Waals surface area contributed by atoms with Crippen LogP contribution in [0.2, 0.25) is 0 Å². The van der Waals surface area contributed by atoms with Gasteiger partial charge in [0.25, 0.3) is 0 Å². The number of hydrogen-bond acceptors (Lipinski definition) is 4. The summed E-state index contributed by atoms with van der Waals surface area (Å²) in [5.74, 6) is -0.249. The number of allylic oxidation sites excluding steroid dienone is 2. The van der Waals surface area contributed by atoms with Gasteiger partial charge in [0.15, 0.2) is 0 Å². The summed E-state index contributed by atoms with van der Waals surface area (Å²) >= 11 is 0. The van der Waals surface area contributed by atoms with Crippen molar-refractivity contribution in [1.82, 2.24) is 10.2 Å². The predicted octanol–water partition coefficient (Wildman–Crippen LogP) is 1.94. The summed E-state index contributed by atoms with van der Waals surface area (Å²) in [6.45, 7) is 4.39. The highest BCUT2D eigenvalue weighted by Crippen LogP contribution is 2.16. The Balaban J connectivity index is 2.25. The topological polar surface area (TPSA) is 41.6 Å². The Morgan fingerprint density at radius 3 is 2.89 bits per heavy atom. The van der Waals surface area contributed by atoms with E-state index >= 15 is 0 Å². The molecule has 0 aromatic carbocycles. The molecule has 0 heterocycles. The average Bonchev–Trinajstić information content (AvgIpc) is 2.39. The van der Waals surface area contributed by atoms with Crippen LogP contribution in [0.1, 0.15) is 26.2 Å². The van der Waals surface area contributed by atoms with Crippen LogP contribution in [-0.4, -0.2) is 44.7 Å². The van der Waals surface area contributed by atoms with Crippen molar-refractivity contribution in [2.45, 2.75) is 26.2 Å². The molecule has 0 saturated carbocycles. The number of rotatable bonds is 8. The van der Waals surface area contributed by atoms with E-state index in [1.165, 1.54) is 12.8 Å². The first kappa shape index (κ1) is 15.8. The van der Waals surface area contributed by atoms with Gasteiger partial charge in [-0.3, -0.25) is 4.79 Å². The molecule has 1 N–H and O–H groups in total. The van der Waals surface area contributed by atoms with Crippen LogP contribution in [0.3, 0.4) is 0 Å². The Morgan fingerprint density at radius 1 is 1.53 bits per heavy atom. The van der Waals surface area contributed by atoms with E-state index in [-0.39, 0.29) is 11.9 Å². The lowest BCUT2D eigenvalue weighted by Gasteiger charge is -2.17. The zero-order valence-electron chi connectivity index (χ0n) is 12.3. The molecule has 0 aliphatic heterocycles. The first-order valence-corrected chi connectivity index (χ1v) is 7.07. The minimum atomic E-state index is -0.126. The van der Waals surface area contributed by atoms with Gasteiger partial charge in [0.2, 0.25) is 0 Å². The fourth-order valence-corrected chi connectivity index (χ4v) is 1.77. The van der Waals surface area contributed by atoms with Crippen LogP contribution in [0.25, 0.3) is 0 Å². The monoisotopic (exact) mass is 266 g/mol. The van der Waals surface area contributed by atoms with Gasteiger partial charge in [-0.25, -0.2) is 0 Å². The smallest absolute Gasteiger partial charge is 0.313 e. The fourth-order valence-electron chi connectivity index (χ4n) is 1.77. The summed E-state index contributed by atoms with van der Waals surface area (Å²) in [6, 6.07) is 0. The van der Waals surface area contributed by atoms with Crippen molar-refractivity contribution in [2.75, 3.05) is 33.8 Å². The second-order valence-corrected chi connectivity index (χ2v) is 5.11. The molecule has 0 amide bonds. The molecule has 1 atom stereocenters. The number of likely N-dealkylation sites (N-methyl/N-ethyl adjacent to an activating group) is 1. The molecule has 0 aromatic rings. The highest BCUT2D eigenvalue weighted by Gasteiger charge is 2.18. The minimum absolute atomic E-state index is 0.123. The van der Waals surface area contributed by atoms with Gasteiger partial charge in [0, 0.05) is 18.8 Å². The second-order valence-electron chi connectivity index (χ2n) is 5.11. The second kappa shape index (κ2) is 8.75. The molecule has 19 heavy (non-hydrogen) atoms. The first-order chi connectivity index (χ1) is 9.13. The van der Waals surface area contributed by atoms with Gasteiger partial charge in [0.05, 0.1) is 5.92 Å². The average molecular weight is 266 g/mol. The van der Waals surface area contributed by atoms with Gasteiger partial charge in [-0.1, -0.05) is 25.5 Å². The zero-order valence-corrected chi connectivity index (χ0v) is 12.3. The molecule has 4 heteroatoms. The van der Waals surface area contributed by atoms with E-state index in [9.17, 15) is 4.79 Å². The van der Waals surface area contributed by atoms with Gasteiger partial charge < -0.3 is 15.0 Å². The van der Waals surface area contributed by atoms with E-state index in [2.05, 4.69) is 18.3 Å². The van der Waals surface area contributed by atoms with Crippen LogP contribution in [0, 0.1) is 5.92 Å². The Bertz CT molecular complexity index is 335. The third-order valence-corrected chi connectivity index (χ3v) is 3.04.